The Morgan fingerprint density at radius 2 is 2.00 bits per heavy atom. The van der Waals surface area contributed by atoms with Crippen LogP contribution in [0.3, 0.4) is 0 Å². The number of amidine groups is 2. The van der Waals surface area contributed by atoms with Gasteiger partial charge in [0.05, 0.1) is 12.2 Å². The Morgan fingerprint density at radius 1 is 1.21 bits per heavy atom. The van der Waals surface area contributed by atoms with Crippen molar-refractivity contribution in [2.24, 2.45) is 10.1 Å². The fraction of sp³-hybridized carbons (Fsp3) is 0.238. The summed E-state index contributed by atoms with van der Waals surface area (Å²) < 4.78 is 7.45. The lowest BCUT2D eigenvalue weighted by Crippen LogP contribution is -2.35. The number of carbonyl (C=O) groups is 1. The van der Waals surface area contributed by atoms with Crippen molar-refractivity contribution in [2.45, 2.75) is 26.7 Å². The van der Waals surface area contributed by atoms with Crippen LogP contribution in [0.1, 0.15) is 32.4 Å². The molecule has 1 aromatic carbocycles. The Bertz CT molecular complexity index is 1050. The molecule has 0 saturated carbocycles. The van der Waals surface area contributed by atoms with Gasteiger partial charge in [0.1, 0.15) is 10.8 Å². The summed E-state index contributed by atoms with van der Waals surface area (Å²) in [6.07, 6.45) is 5.37. The number of aromatic nitrogens is 1. The minimum atomic E-state index is -0.416. The van der Waals surface area contributed by atoms with E-state index >= 15 is 0 Å². The first-order valence-corrected chi connectivity index (χ1v) is 10.3. The van der Waals surface area contributed by atoms with E-state index in [1.54, 1.807) is 6.08 Å². The molecule has 0 radical (unpaired) electrons. The van der Waals surface area contributed by atoms with Crippen molar-refractivity contribution in [3.05, 3.63) is 53.9 Å². The van der Waals surface area contributed by atoms with Crippen LogP contribution in [0.15, 0.2) is 58.3 Å². The lowest BCUT2D eigenvalue weighted by Gasteiger charge is -2.20. The Morgan fingerprint density at radius 3 is 2.72 bits per heavy atom. The summed E-state index contributed by atoms with van der Waals surface area (Å²) in [6.45, 7) is 4.63. The third-order valence-electron chi connectivity index (χ3n) is 4.46. The van der Waals surface area contributed by atoms with Crippen LogP contribution in [0.4, 0.5) is 0 Å². The van der Waals surface area contributed by atoms with E-state index in [1.807, 2.05) is 54.1 Å². The number of rotatable bonds is 6. The summed E-state index contributed by atoms with van der Waals surface area (Å²) >= 11 is 1.36. The second kappa shape index (κ2) is 8.08. The van der Waals surface area contributed by atoms with Gasteiger partial charge in [-0.25, -0.2) is 0 Å². The molecule has 3 heterocycles. The largest absolute Gasteiger partial charge is 0.494 e. The van der Waals surface area contributed by atoms with E-state index in [9.17, 15) is 4.79 Å². The Kier molecular flexibility index (Phi) is 5.35. The predicted octanol–water partition coefficient (Wildman–Crippen LogP) is 4.30. The summed E-state index contributed by atoms with van der Waals surface area (Å²) in [4.78, 5) is 16.7. The number of hydrogen-bond donors (Lipinski definition) is 1. The van der Waals surface area contributed by atoms with Crippen LogP contribution in [0, 0.1) is 5.41 Å². The van der Waals surface area contributed by atoms with Gasteiger partial charge in [0, 0.05) is 17.6 Å². The normalized spacial score (nSPS) is 17.4. The first kappa shape index (κ1) is 19.2. The summed E-state index contributed by atoms with van der Waals surface area (Å²) in [5.41, 5.74) is 1.94. The number of nitrogens with zero attached hydrogens (tertiary/aromatic N) is 4. The van der Waals surface area contributed by atoms with Gasteiger partial charge in [-0.2, -0.15) is 15.1 Å². The summed E-state index contributed by atoms with van der Waals surface area (Å²) in [5, 5.41) is 15.7. The average Bonchev–Trinajstić information content (AvgIpc) is 3.33. The zero-order chi connectivity index (χ0) is 20.4. The van der Waals surface area contributed by atoms with E-state index in [-0.39, 0.29) is 11.4 Å². The number of carbonyl (C=O) groups excluding carboxylic acids is 1. The van der Waals surface area contributed by atoms with Gasteiger partial charge in [-0.3, -0.25) is 10.2 Å². The molecule has 0 unspecified atom stereocenters. The highest BCUT2D eigenvalue weighted by atomic mass is 32.2. The molecule has 0 aliphatic carbocycles. The fourth-order valence-electron chi connectivity index (χ4n) is 3.11. The molecule has 2 aromatic rings. The molecule has 4 rings (SSSR count). The maximum atomic E-state index is 12.6. The molecule has 29 heavy (non-hydrogen) atoms. The van der Waals surface area contributed by atoms with Crippen LogP contribution in [-0.4, -0.2) is 38.1 Å². The van der Waals surface area contributed by atoms with Crippen LogP contribution in [0.2, 0.25) is 0 Å². The number of amides is 1. The number of benzene rings is 1. The van der Waals surface area contributed by atoms with Crippen molar-refractivity contribution in [2.75, 3.05) is 6.61 Å². The van der Waals surface area contributed by atoms with Crippen LogP contribution in [0.5, 0.6) is 5.75 Å². The lowest BCUT2D eigenvalue weighted by molar-refractivity contribution is -0.114. The number of aliphatic imine (C=N–C) groups is 1. The molecule has 1 N–H and O–H groups in total. The molecule has 1 amide bonds. The maximum Gasteiger partial charge on any atom is 0.283 e. The summed E-state index contributed by atoms with van der Waals surface area (Å²) in [5.74, 6) is 0.445. The third kappa shape index (κ3) is 3.75. The van der Waals surface area contributed by atoms with Gasteiger partial charge in [-0.05, 0) is 74.0 Å². The van der Waals surface area contributed by atoms with Gasteiger partial charge in [-0.15, -0.1) is 0 Å². The van der Waals surface area contributed by atoms with Crippen molar-refractivity contribution in [1.29, 1.82) is 5.41 Å². The number of nitrogens with one attached hydrogen (secondary N) is 1. The van der Waals surface area contributed by atoms with Gasteiger partial charge < -0.3 is 9.30 Å². The molecular formula is C21H21N5O2S. The number of fused-ring (bicyclic) bond motifs is 1. The fourth-order valence-corrected chi connectivity index (χ4v) is 4.10. The van der Waals surface area contributed by atoms with E-state index < -0.39 is 5.91 Å². The number of ether oxygens (including phenoxy) is 1. The second-order valence-corrected chi connectivity index (χ2v) is 7.53. The SMILES string of the molecule is CCCC1=NN2C(=N)/C(=C/c3cccn3-c3ccc(OCC)cc3)C(=O)N=C2S1. The standard InChI is InChI=1S/C21H21N5O2S/c1-3-6-18-24-26-19(22)17(20(27)23-21(26)29-18)13-15-7-5-12-25(15)14-8-10-16(11-9-14)28-4-2/h5,7-13,22H,3-4,6H2,1-2H3/b17-13-,22-19?. The highest BCUT2D eigenvalue weighted by Crippen LogP contribution is 2.30. The van der Waals surface area contributed by atoms with Crippen LogP contribution < -0.4 is 4.74 Å². The summed E-state index contributed by atoms with van der Waals surface area (Å²) in [6, 6.07) is 11.5. The van der Waals surface area contributed by atoms with Crippen LogP contribution >= 0.6 is 11.8 Å². The first-order valence-electron chi connectivity index (χ1n) is 9.50. The molecule has 0 fully saturated rings. The zero-order valence-electron chi connectivity index (χ0n) is 16.3. The highest BCUT2D eigenvalue weighted by molar-refractivity contribution is 8.26. The van der Waals surface area contributed by atoms with Crippen molar-refractivity contribution < 1.29 is 9.53 Å². The summed E-state index contributed by atoms with van der Waals surface area (Å²) in [7, 11) is 0. The Balaban J connectivity index is 1.65. The lowest BCUT2D eigenvalue weighted by atomic mass is 10.1. The molecule has 7 nitrogen and oxygen atoms in total. The van der Waals surface area contributed by atoms with E-state index in [2.05, 4.69) is 17.0 Å². The molecule has 1 aromatic heterocycles. The number of thioether (sulfide) groups is 1. The van der Waals surface area contributed by atoms with E-state index in [0.717, 1.165) is 35.0 Å². The predicted molar refractivity (Wildman–Crippen MR) is 117 cm³/mol. The quantitative estimate of drug-likeness (QED) is 0.724. The van der Waals surface area contributed by atoms with Crippen molar-refractivity contribution in [1.82, 2.24) is 9.58 Å². The molecule has 2 aliphatic heterocycles. The van der Waals surface area contributed by atoms with Crippen molar-refractivity contribution in [3.8, 4) is 11.4 Å². The van der Waals surface area contributed by atoms with E-state index in [4.69, 9.17) is 10.1 Å². The minimum Gasteiger partial charge on any atom is -0.494 e. The van der Waals surface area contributed by atoms with Crippen molar-refractivity contribution >= 4 is 39.8 Å². The topological polar surface area (TPSA) is 83.0 Å². The average molecular weight is 407 g/mol. The molecule has 0 bridgehead atoms. The zero-order valence-corrected chi connectivity index (χ0v) is 17.1. The van der Waals surface area contributed by atoms with Crippen molar-refractivity contribution in [3.63, 3.8) is 0 Å². The maximum absolute atomic E-state index is 12.6. The number of hydrazone groups is 1. The van der Waals surface area contributed by atoms with Crippen LogP contribution in [0.25, 0.3) is 11.8 Å². The van der Waals surface area contributed by atoms with Gasteiger partial charge in [-0.1, -0.05) is 6.92 Å². The van der Waals surface area contributed by atoms with Gasteiger partial charge in [0.15, 0.2) is 5.84 Å². The van der Waals surface area contributed by atoms with Gasteiger partial charge in [0.2, 0.25) is 5.17 Å². The molecular weight excluding hydrogens is 386 g/mol. The van der Waals surface area contributed by atoms with Gasteiger partial charge >= 0.3 is 0 Å². The minimum absolute atomic E-state index is 0.0537. The smallest absolute Gasteiger partial charge is 0.283 e. The Hall–Kier alpha value is -3.13. The molecule has 0 saturated heterocycles. The molecule has 148 valence electrons. The monoisotopic (exact) mass is 407 g/mol. The molecule has 2 aliphatic rings. The molecule has 0 spiro atoms. The highest BCUT2D eigenvalue weighted by Gasteiger charge is 2.35. The van der Waals surface area contributed by atoms with Crippen LogP contribution in [-0.2, 0) is 4.79 Å². The first-order chi connectivity index (χ1) is 14.1. The number of hydrogen-bond acceptors (Lipinski definition) is 5. The molecule has 8 heteroatoms. The van der Waals surface area contributed by atoms with E-state index in [0.29, 0.717) is 11.8 Å². The molecule has 0 atom stereocenters. The van der Waals surface area contributed by atoms with E-state index in [1.165, 1.54) is 16.8 Å². The Labute approximate surface area is 173 Å². The second-order valence-electron chi connectivity index (χ2n) is 6.49. The third-order valence-corrected chi connectivity index (χ3v) is 5.43. The van der Waals surface area contributed by atoms with Gasteiger partial charge in [0.25, 0.3) is 5.91 Å².